The van der Waals surface area contributed by atoms with Gasteiger partial charge in [0.15, 0.2) is 0 Å². The maximum Gasteiger partial charge on any atom is 0.0712 e. The first kappa shape index (κ1) is 47.5. The Morgan fingerprint density at radius 3 is 1.76 bits per heavy atom. The van der Waals surface area contributed by atoms with E-state index in [9.17, 15) is 0 Å². The minimum absolute atomic E-state index is 0.0184. The lowest BCUT2D eigenvalue weighted by Crippen LogP contribution is -2.41. The fraction of sp³-hybridized carbons (Fsp3) is 0.151. The van der Waals surface area contributed by atoms with Gasteiger partial charge in [-0.05, 0) is 128 Å². The maximum absolute atomic E-state index is 2.52. The molecule has 0 saturated carbocycles. The summed E-state index contributed by atoms with van der Waals surface area (Å²) < 4.78 is 2.60. The standard InChI is InChI=1S/C73H62N2S/c1-71(2,3)52-44-51(45-53(47-52)72(4,5)6)56-29-19-22-49-23-20-30-60(69(49)56)57-26-11-14-34-65(57)74(66-35-15-12-27-58(66)61-31-21-32-62-59-28-13-16-36-68(59)76-70(61)62)54-40-37-48(38-41-54)50-39-42-67-63(46-50)64-33-17-18-43-73(64,7)75(67)55-24-9-8-10-25-55/h8-47,64H,1-7H3. The fourth-order valence-corrected chi connectivity index (χ4v) is 13.4. The van der Waals surface area contributed by atoms with E-state index < -0.39 is 0 Å². The summed E-state index contributed by atoms with van der Waals surface area (Å²) in [6.45, 7) is 16.3. The van der Waals surface area contributed by atoms with E-state index in [2.05, 4.69) is 301 Å². The Kier molecular flexibility index (Phi) is 11.4. The molecule has 370 valence electrons. The number of anilines is 5. The molecule has 2 heterocycles. The van der Waals surface area contributed by atoms with Gasteiger partial charge in [0.05, 0.1) is 16.9 Å². The predicted molar refractivity (Wildman–Crippen MR) is 329 cm³/mol. The van der Waals surface area contributed by atoms with E-state index in [-0.39, 0.29) is 22.3 Å². The molecule has 11 aromatic rings. The Bertz CT molecular complexity index is 4070. The Morgan fingerprint density at radius 2 is 1.05 bits per heavy atom. The predicted octanol–water partition coefficient (Wildman–Crippen LogP) is 21.1. The molecule has 10 aromatic carbocycles. The smallest absolute Gasteiger partial charge is 0.0712 e. The van der Waals surface area contributed by atoms with Crippen LogP contribution in [-0.2, 0) is 10.8 Å². The van der Waals surface area contributed by atoms with Crippen LogP contribution in [0.5, 0.6) is 0 Å². The van der Waals surface area contributed by atoms with Crippen LogP contribution < -0.4 is 9.80 Å². The number of fused-ring (bicyclic) bond motifs is 7. The van der Waals surface area contributed by atoms with Crippen LogP contribution in [0.3, 0.4) is 0 Å². The van der Waals surface area contributed by atoms with Crippen molar-refractivity contribution in [3.05, 3.63) is 259 Å². The number of rotatable bonds is 8. The third-order valence-electron chi connectivity index (χ3n) is 16.2. The summed E-state index contributed by atoms with van der Waals surface area (Å²) >= 11 is 1.88. The third kappa shape index (κ3) is 7.99. The molecule has 1 aliphatic carbocycles. The van der Waals surface area contributed by atoms with Gasteiger partial charge >= 0.3 is 0 Å². The van der Waals surface area contributed by atoms with Crippen LogP contribution in [0.4, 0.5) is 28.4 Å². The van der Waals surface area contributed by atoms with Crippen LogP contribution in [0, 0.1) is 0 Å². The summed E-state index contributed by atoms with van der Waals surface area (Å²) in [7, 11) is 0. The first-order valence-corrected chi connectivity index (χ1v) is 27.7. The second-order valence-corrected chi connectivity index (χ2v) is 24.1. The number of benzene rings is 10. The van der Waals surface area contributed by atoms with Crippen LogP contribution in [0.25, 0.3) is 75.5 Å². The van der Waals surface area contributed by atoms with Crippen molar-refractivity contribution in [2.45, 2.75) is 70.8 Å². The molecular formula is C73H62N2S. The summed E-state index contributed by atoms with van der Waals surface area (Å²) in [5.74, 6) is 0.221. The molecule has 3 heteroatoms. The molecule has 0 spiro atoms. The number of hydrogen-bond acceptors (Lipinski definition) is 3. The van der Waals surface area contributed by atoms with Crippen LogP contribution in [-0.4, -0.2) is 5.54 Å². The fourth-order valence-electron chi connectivity index (χ4n) is 12.2. The topological polar surface area (TPSA) is 6.48 Å². The Morgan fingerprint density at radius 1 is 0.474 bits per heavy atom. The molecular weight excluding hydrogens is 937 g/mol. The molecule has 0 saturated heterocycles. The van der Waals surface area contributed by atoms with E-state index in [1.54, 1.807) is 0 Å². The first-order valence-electron chi connectivity index (χ1n) is 26.9. The van der Waals surface area contributed by atoms with Crippen molar-refractivity contribution < 1.29 is 0 Å². The normalized spacial score (nSPS) is 16.1. The van der Waals surface area contributed by atoms with E-state index >= 15 is 0 Å². The highest BCUT2D eigenvalue weighted by Gasteiger charge is 2.47. The molecule has 2 nitrogen and oxygen atoms in total. The molecule has 13 rings (SSSR count). The summed E-state index contributed by atoms with van der Waals surface area (Å²) in [5.41, 5.74) is 19.3. The first-order chi connectivity index (χ1) is 36.8. The monoisotopic (exact) mass is 998 g/mol. The second-order valence-electron chi connectivity index (χ2n) is 23.1. The zero-order valence-electron chi connectivity index (χ0n) is 44.5. The summed E-state index contributed by atoms with van der Waals surface area (Å²) in [4.78, 5) is 5.04. The zero-order valence-corrected chi connectivity index (χ0v) is 45.3. The molecule has 1 aromatic heterocycles. The quantitative estimate of drug-likeness (QED) is 0.150. The molecule has 1 aliphatic heterocycles. The highest BCUT2D eigenvalue weighted by molar-refractivity contribution is 7.26. The van der Waals surface area contributed by atoms with Gasteiger partial charge in [-0.3, -0.25) is 0 Å². The van der Waals surface area contributed by atoms with Gasteiger partial charge in [-0.15, -0.1) is 11.3 Å². The lowest BCUT2D eigenvalue weighted by molar-refractivity contribution is 0.542. The van der Waals surface area contributed by atoms with Gasteiger partial charge in [0, 0.05) is 59.8 Å². The summed E-state index contributed by atoms with van der Waals surface area (Å²) in [6.07, 6.45) is 9.17. The van der Waals surface area contributed by atoms with Crippen molar-refractivity contribution in [3.63, 3.8) is 0 Å². The SMILES string of the molecule is CC(C)(C)c1cc(-c2cccc3cccc(-c4ccccc4N(c4ccc(-c5ccc6c(c5)C5C=CC=CC5(C)N6c5ccccc5)cc4)c4ccccc4-c4cccc5c4sc4ccccc45)c23)cc(C(C)(C)C)c1. The average molecular weight is 999 g/mol. The molecule has 76 heavy (non-hydrogen) atoms. The maximum atomic E-state index is 2.52. The van der Waals surface area contributed by atoms with Gasteiger partial charge in [-0.25, -0.2) is 0 Å². The van der Waals surface area contributed by atoms with Crippen molar-refractivity contribution in [1.82, 2.24) is 0 Å². The number of nitrogens with zero attached hydrogens (tertiary/aromatic N) is 2. The molecule has 0 bridgehead atoms. The van der Waals surface area contributed by atoms with Crippen molar-refractivity contribution in [2.24, 2.45) is 0 Å². The van der Waals surface area contributed by atoms with Gasteiger partial charge in [0.2, 0.25) is 0 Å². The van der Waals surface area contributed by atoms with E-state index in [1.807, 2.05) is 11.3 Å². The van der Waals surface area contributed by atoms with E-state index in [1.165, 1.54) is 104 Å². The minimum atomic E-state index is -0.209. The lowest BCUT2D eigenvalue weighted by Gasteiger charge is -2.39. The van der Waals surface area contributed by atoms with Crippen LogP contribution in [0.1, 0.15) is 71.1 Å². The Labute approximate surface area is 452 Å². The lowest BCUT2D eigenvalue weighted by atomic mass is 9.78. The molecule has 2 aliphatic rings. The molecule has 0 N–H and O–H groups in total. The average Bonchev–Trinajstić information content (AvgIpc) is 4.13. The summed E-state index contributed by atoms with van der Waals surface area (Å²) in [5, 5.41) is 5.06. The van der Waals surface area contributed by atoms with Crippen LogP contribution in [0.2, 0.25) is 0 Å². The summed E-state index contributed by atoms with van der Waals surface area (Å²) in [6, 6.07) is 82.0. The molecule has 0 amide bonds. The van der Waals surface area contributed by atoms with E-state index in [0.29, 0.717) is 0 Å². The van der Waals surface area contributed by atoms with Gasteiger partial charge in [-0.2, -0.15) is 0 Å². The zero-order chi connectivity index (χ0) is 51.9. The van der Waals surface area contributed by atoms with Gasteiger partial charge in [0.25, 0.3) is 0 Å². The molecule has 2 unspecified atom stereocenters. The van der Waals surface area contributed by atoms with E-state index in [0.717, 1.165) is 17.1 Å². The number of para-hydroxylation sites is 3. The Balaban J connectivity index is 1.00. The molecule has 0 fully saturated rings. The number of allylic oxidation sites excluding steroid dienone is 2. The number of hydrogen-bond donors (Lipinski definition) is 0. The van der Waals surface area contributed by atoms with Crippen molar-refractivity contribution in [1.29, 1.82) is 0 Å². The second kappa shape index (κ2) is 18.3. The van der Waals surface area contributed by atoms with Crippen molar-refractivity contribution >= 4 is 70.7 Å². The van der Waals surface area contributed by atoms with Gasteiger partial charge in [-0.1, -0.05) is 230 Å². The molecule has 2 atom stereocenters. The van der Waals surface area contributed by atoms with Gasteiger partial charge in [0.1, 0.15) is 0 Å². The van der Waals surface area contributed by atoms with Crippen LogP contribution in [0.15, 0.2) is 243 Å². The molecule has 0 radical (unpaired) electrons. The highest BCUT2D eigenvalue weighted by Crippen LogP contribution is 2.55. The highest BCUT2D eigenvalue weighted by atomic mass is 32.1. The van der Waals surface area contributed by atoms with Gasteiger partial charge < -0.3 is 9.80 Å². The van der Waals surface area contributed by atoms with Crippen molar-refractivity contribution in [3.8, 4) is 44.5 Å². The van der Waals surface area contributed by atoms with Crippen LogP contribution >= 0.6 is 11.3 Å². The largest absolute Gasteiger partial charge is 0.331 e. The van der Waals surface area contributed by atoms with Crippen molar-refractivity contribution in [2.75, 3.05) is 9.80 Å². The third-order valence-corrected chi connectivity index (χ3v) is 17.4. The number of thiophene rings is 1. The van der Waals surface area contributed by atoms with E-state index in [4.69, 9.17) is 0 Å². The minimum Gasteiger partial charge on any atom is -0.331 e. The Hall–Kier alpha value is -8.24.